The van der Waals surface area contributed by atoms with Crippen LogP contribution in [-0.4, -0.2) is 36.1 Å². The molecule has 0 amide bonds. The van der Waals surface area contributed by atoms with Crippen LogP contribution in [0.2, 0.25) is 0 Å². The van der Waals surface area contributed by atoms with Crippen LogP contribution in [0.3, 0.4) is 0 Å². The number of nitrogens with zero attached hydrogens (tertiary/aromatic N) is 2. The van der Waals surface area contributed by atoms with Gasteiger partial charge >= 0.3 is 6.18 Å². The van der Waals surface area contributed by atoms with Gasteiger partial charge in [0, 0.05) is 13.1 Å². The lowest BCUT2D eigenvalue weighted by Gasteiger charge is -2.18. The summed E-state index contributed by atoms with van der Waals surface area (Å²) in [4.78, 5) is 6.00. The molecule has 1 aromatic rings. The summed E-state index contributed by atoms with van der Waals surface area (Å²) in [7, 11) is 0. The molecule has 0 radical (unpaired) electrons. The number of halogens is 3. The Balaban J connectivity index is 2.66. The van der Waals surface area contributed by atoms with Crippen molar-refractivity contribution in [3.63, 3.8) is 0 Å². The number of anilines is 2. The SMILES string of the molecule is CCN(CC)CCNc1cc(C(F)(F)F)cc(N)n1. The molecule has 1 rings (SSSR count). The molecular weight excluding hydrogens is 257 g/mol. The third-order valence-corrected chi connectivity index (χ3v) is 2.80. The zero-order valence-corrected chi connectivity index (χ0v) is 11.1. The van der Waals surface area contributed by atoms with Crippen LogP contribution in [0.15, 0.2) is 12.1 Å². The van der Waals surface area contributed by atoms with Crippen LogP contribution in [0, 0.1) is 0 Å². The van der Waals surface area contributed by atoms with Crippen LogP contribution in [0.25, 0.3) is 0 Å². The summed E-state index contributed by atoms with van der Waals surface area (Å²) in [5.41, 5.74) is 4.59. The van der Waals surface area contributed by atoms with Gasteiger partial charge in [0.15, 0.2) is 0 Å². The number of hydrogen-bond acceptors (Lipinski definition) is 4. The third kappa shape index (κ3) is 4.94. The first-order valence-corrected chi connectivity index (χ1v) is 6.17. The molecule has 0 saturated carbocycles. The van der Waals surface area contributed by atoms with E-state index in [4.69, 9.17) is 5.73 Å². The van der Waals surface area contributed by atoms with Crippen LogP contribution >= 0.6 is 0 Å². The summed E-state index contributed by atoms with van der Waals surface area (Å²) in [6.45, 7) is 7.13. The molecule has 0 aliphatic carbocycles. The minimum absolute atomic E-state index is 0.139. The van der Waals surface area contributed by atoms with Crippen molar-refractivity contribution in [2.75, 3.05) is 37.2 Å². The van der Waals surface area contributed by atoms with Gasteiger partial charge in [0.1, 0.15) is 11.6 Å². The second kappa shape index (κ2) is 6.60. The molecule has 7 heteroatoms. The Bertz CT molecular complexity index is 402. The monoisotopic (exact) mass is 276 g/mol. The Kier molecular flexibility index (Phi) is 5.41. The third-order valence-electron chi connectivity index (χ3n) is 2.80. The molecule has 0 bridgehead atoms. The number of nitrogens with one attached hydrogen (secondary N) is 1. The highest BCUT2D eigenvalue weighted by molar-refractivity contribution is 5.47. The molecule has 3 N–H and O–H groups in total. The second-order valence-corrected chi connectivity index (χ2v) is 4.12. The van der Waals surface area contributed by atoms with E-state index in [1.165, 1.54) is 0 Å². The standard InChI is InChI=1S/C12H19F3N4/c1-3-19(4-2)6-5-17-11-8-9(12(13,14)15)7-10(16)18-11/h7-8H,3-6H2,1-2H3,(H3,16,17,18). The molecule has 19 heavy (non-hydrogen) atoms. The van der Waals surface area contributed by atoms with Crippen molar-refractivity contribution in [1.29, 1.82) is 0 Å². The van der Waals surface area contributed by atoms with E-state index in [1.807, 2.05) is 13.8 Å². The number of nitrogens with two attached hydrogens (primary N) is 1. The molecule has 4 nitrogen and oxygen atoms in total. The lowest BCUT2D eigenvalue weighted by atomic mass is 10.2. The molecule has 0 aromatic carbocycles. The Morgan fingerprint density at radius 2 is 1.89 bits per heavy atom. The maximum Gasteiger partial charge on any atom is 0.416 e. The van der Waals surface area contributed by atoms with E-state index in [0.29, 0.717) is 6.54 Å². The molecule has 1 heterocycles. The summed E-state index contributed by atoms with van der Waals surface area (Å²) in [5, 5.41) is 2.86. The van der Waals surface area contributed by atoms with Crippen LogP contribution in [0.5, 0.6) is 0 Å². The van der Waals surface area contributed by atoms with E-state index in [-0.39, 0.29) is 11.6 Å². The summed E-state index contributed by atoms with van der Waals surface area (Å²) < 4.78 is 37.8. The highest BCUT2D eigenvalue weighted by Crippen LogP contribution is 2.31. The summed E-state index contributed by atoms with van der Waals surface area (Å²) >= 11 is 0. The average molecular weight is 276 g/mol. The van der Waals surface area contributed by atoms with Gasteiger partial charge in [-0.3, -0.25) is 0 Å². The molecule has 0 fully saturated rings. The first-order chi connectivity index (χ1) is 8.86. The fourth-order valence-corrected chi connectivity index (χ4v) is 1.69. The van der Waals surface area contributed by atoms with Gasteiger partial charge in [0.2, 0.25) is 0 Å². The van der Waals surface area contributed by atoms with Crippen LogP contribution in [0.4, 0.5) is 24.8 Å². The molecule has 0 aliphatic heterocycles. The molecule has 0 saturated heterocycles. The largest absolute Gasteiger partial charge is 0.416 e. The summed E-state index contributed by atoms with van der Waals surface area (Å²) in [6.07, 6.45) is -4.41. The molecule has 108 valence electrons. The minimum Gasteiger partial charge on any atom is -0.384 e. The Morgan fingerprint density at radius 3 is 2.42 bits per heavy atom. The topological polar surface area (TPSA) is 54.2 Å². The zero-order chi connectivity index (χ0) is 14.5. The first kappa shape index (κ1) is 15.6. The van der Waals surface area contributed by atoms with Gasteiger partial charge in [0.05, 0.1) is 5.56 Å². The predicted molar refractivity (Wildman–Crippen MR) is 69.9 cm³/mol. The van der Waals surface area contributed by atoms with Gasteiger partial charge < -0.3 is 16.0 Å². The minimum atomic E-state index is -4.41. The lowest BCUT2D eigenvalue weighted by Crippen LogP contribution is -2.28. The average Bonchev–Trinajstić information content (AvgIpc) is 2.33. The number of aromatic nitrogens is 1. The Hall–Kier alpha value is -1.50. The number of rotatable bonds is 6. The highest BCUT2D eigenvalue weighted by Gasteiger charge is 2.31. The maximum atomic E-state index is 12.6. The predicted octanol–water partition coefficient (Wildman–Crippen LogP) is 2.44. The van der Waals surface area contributed by atoms with E-state index in [9.17, 15) is 13.2 Å². The fourth-order valence-electron chi connectivity index (χ4n) is 1.69. The van der Waals surface area contributed by atoms with Gasteiger partial charge in [-0.15, -0.1) is 0 Å². The van der Waals surface area contributed by atoms with Crippen molar-refractivity contribution >= 4 is 11.6 Å². The summed E-state index contributed by atoms with van der Waals surface area (Å²) in [5.74, 6) is 0.0136. The van der Waals surface area contributed by atoms with E-state index >= 15 is 0 Å². The fraction of sp³-hybridized carbons (Fsp3) is 0.583. The molecule has 0 spiro atoms. The van der Waals surface area contributed by atoms with Gasteiger partial charge in [-0.1, -0.05) is 13.8 Å². The number of nitrogen functional groups attached to an aromatic ring is 1. The lowest BCUT2D eigenvalue weighted by molar-refractivity contribution is -0.137. The van der Waals surface area contributed by atoms with E-state index in [0.717, 1.165) is 31.8 Å². The van der Waals surface area contributed by atoms with E-state index < -0.39 is 11.7 Å². The second-order valence-electron chi connectivity index (χ2n) is 4.12. The first-order valence-electron chi connectivity index (χ1n) is 6.17. The molecule has 0 unspecified atom stereocenters. The quantitative estimate of drug-likeness (QED) is 0.838. The van der Waals surface area contributed by atoms with E-state index in [1.54, 1.807) is 0 Å². The van der Waals surface area contributed by atoms with Crippen molar-refractivity contribution in [1.82, 2.24) is 9.88 Å². The van der Waals surface area contributed by atoms with Gasteiger partial charge in [-0.2, -0.15) is 13.2 Å². The van der Waals surface area contributed by atoms with Crippen LogP contribution < -0.4 is 11.1 Å². The van der Waals surface area contributed by atoms with E-state index in [2.05, 4.69) is 15.2 Å². The van der Waals surface area contributed by atoms with Crippen molar-refractivity contribution < 1.29 is 13.2 Å². The Labute approximate surface area is 110 Å². The zero-order valence-electron chi connectivity index (χ0n) is 11.1. The van der Waals surface area contributed by atoms with Crippen LogP contribution in [-0.2, 0) is 6.18 Å². The number of hydrogen-bond donors (Lipinski definition) is 2. The summed E-state index contributed by atoms with van der Waals surface area (Å²) in [6, 6.07) is 1.80. The number of pyridine rings is 1. The van der Waals surface area contributed by atoms with Crippen LogP contribution in [0.1, 0.15) is 19.4 Å². The van der Waals surface area contributed by atoms with Gasteiger partial charge in [-0.25, -0.2) is 4.98 Å². The molecule has 0 aliphatic rings. The highest BCUT2D eigenvalue weighted by atomic mass is 19.4. The Morgan fingerprint density at radius 1 is 1.26 bits per heavy atom. The number of likely N-dealkylation sites (N-methyl/N-ethyl adjacent to an activating group) is 1. The van der Waals surface area contributed by atoms with Crippen molar-refractivity contribution in [3.8, 4) is 0 Å². The normalized spacial score (nSPS) is 11.9. The molecule has 1 aromatic heterocycles. The number of alkyl halides is 3. The van der Waals surface area contributed by atoms with Crippen molar-refractivity contribution in [3.05, 3.63) is 17.7 Å². The van der Waals surface area contributed by atoms with Gasteiger partial charge in [-0.05, 0) is 25.2 Å². The van der Waals surface area contributed by atoms with Gasteiger partial charge in [0.25, 0.3) is 0 Å². The van der Waals surface area contributed by atoms with Crippen molar-refractivity contribution in [2.24, 2.45) is 0 Å². The smallest absolute Gasteiger partial charge is 0.384 e. The molecular formula is C12H19F3N4. The van der Waals surface area contributed by atoms with Crippen molar-refractivity contribution in [2.45, 2.75) is 20.0 Å². The molecule has 0 atom stereocenters. The maximum absolute atomic E-state index is 12.6.